The third-order valence-electron chi connectivity index (χ3n) is 8.64. The molecule has 2 aliphatic heterocycles. The van der Waals surface area contributed by atoms with E-state index in [9.17, 15) is 14.0 Å². The molecule has 2 aliphatic rings. The number of allylic oxidation sites excluding steroid dienone is 1. The first-order chi connectivity index (χ1) is 21.5. The van der Waals surface area contributed by atoms with Crippen LogP contribution in [0.4, 0.5) is 4.39 Å². The van der Waals surface area contributed by atoms with Crippen molar-refractivity contribution in [3.63, 3.8) is 0 Å². The van der Waals surface area contributed by atoms with Gasteiger partial charge in [-0.2, -0.15) is 0 Å². The van der Waals surface area contributed by atoms with E-state index in [0.717, 1.165) is 37.6 Å². The number of benzene rings is 1. The molecule has 2 atom stereocenters. The predicted octanol–water partition coefficient (Wildman–Crippen LogP) is 5.26. The van der Waals surface area contributed by atoms with Crippen LogP contribution in [0.15, 0.2) is 88.7 Å². The minimum atomic E-state index is -0.156. The van der Waals surface area contributed by atoms with Crippen LogP contribution in [-0.4, -0.2) is 57.2 Å². The number of aryl methyl sites for hydroxylation is 2. The molecule has 5 aromatic rings. The molecule has 0 radical (unpaired) electrons. The number of pyridine rings is 2. The van der Waals surface area contributed by atoms with Gasteiger partial charge in [-0.3, -0.25) is 13.7 Å². The molecule has 4 aromatic heterocycles. The second kappa shape index (κ2) is 13.9. The lowest BCUT2D eigenvalue weighted by Gasteiger charge is -2.38. The molecular weight excluding hydrogens is 625 g/mol. The Labute approximate surface area is 263 Å². The quantitative estimate of drug-likeness (QED) is 0.201. The summed E-state index contributed by atoms with van der Waals surface area (Å²) in [5.74, 6) is 0.357. The zero-order valence-corrected chi connectivity index (χ0v) is 26.2. The van der Waals surface area contributed by atoms with E-state index < -0.39 is 0 Å². The van der Waals surface area contributed by atoms with E-state index in [4.69, 9.17) is 0 Å². The lowest BCUT2D eigenvalue weighted by atomic mass is 9.89. The van der Waals surface area contributed by atoms with Crippen molar-refractivity contribution in [3.8, 4) is 0 Å². The molecule has 0 N–H and O–H groups in total. The molecule has 11 heteroatoms. The van der Waals surface area contributed by atoms with Crippen molar-refractivity contribution in [2.24, 2.45) is 5.92 Å². The van der Waals surface area contributed by atoms with Crippen LogP contribution in [0.3, 0.4) is 0 Å². The van der Waals surface area contributed by atoms with Crippen LogP contribution in [-0.2, 0) is 13.1 Å². The first-order valence-electron chi connectivity index (χ1n) is 15.3. The maximum atomic E-state index is 13.9. The average molecular weight is 663 g/mol. The normalized spacial score (nSPS) is 20.0. The number of rotatable bonds is 9. The smallest absolute Gasteiger partial charge is 0.297 e. The number of alkyl halides is 1. The summed E-state index contributed by atoms with van der Waals surface area (Å²) in [5, 5.41) is 9.51. The molecule has 230 valence electrons. The van der Waals surface area contributed by atoms with Crippen molar-refractivity contribution in [1.29, 1.82) is 0 Å². The molecule has 2 unspecified atom stereocenters. The second-order valence-corrected chi connectivity index (χ2v) is 12.3. The maximum absolute atomic E-state index is 13.9. The highest BCUT2D eigenvalue weighted by Crippen LogP contribution is 2.39. The van der Waals surface area contributed by atoms with E-state index in [1.165, 1.54) is 23.6 Å². The van der Waals surface area contributed by atoms with Gasteiger partial charge in [-0.25, -0.2) is 23.3 Å². The lowest BCUT2D eigenvalue weighted by Crippen LogP contribution is -2.43. The van der Waals surface area contributed by atoms with Gasteiger partial charge < -0.3 is 0 Å². The van der Waals surface area contributed by atoms with Crippen LogP contribution in [0.1, 0.15) is 44.1 Å². The second-order valence-electron chi connectivity index (χ2n) is 11.5. The monoisotopic (exact) mass is 661 g/mol. The number of halogens is 2. The molecule has 44 heavy (non-hydrogen) atoms. The van der Waals surface area contributed by atoms with Gasteiger partial charge >= 0.3 is 11.4 Å². The SMILES string of the molecule is O=c1n(CCCBr)nc2ccccn12.O=c1n(CCCN2C3CCC2CC(/C=C/c2ccccc2F)C3)nc2ccccn12. The molecule has 6 heterocycles. The van der Waals surface area contributed by atoms with E-state index in [-0.39, 0.29) is 17.2 Å². The zero-order valence-electron chi connectivity index (χ0n) is 24.6. The van der Waals surface area contributed by atoms with Gasteiger partial charge in [-0.1, -0.05) is 58.4 Å². The molecule has 0 aliphatic carbocycles. The van der Waals surface area contributed by atoms with E-state index in [2.05, 4.69) is 37.1 Å². The number of piperidine rings is 1. The fraction of sp³-hybridized carbons (Fsp3) is 0.394. The van der Waals surface area contributed by atoms with Gasteiger partial charge in [0, 0.05) is 55.0 Å². The zero-order chi connectivity index (χ0) is 30.5. The van der Waals surface area contributed by atoms with E-state index in [0.29, 0.717) is 47.9 Å². The number of hydrogen-bond donors (Lipinski definition) is 0. The number of fused-ring (bicyclic) bond motifs is 4. The van der Waals surface area contributed by atoms with Gasteiger partial charge in [0.2, 0.25) is 0 Å². The summed E-state index contributed by atoms with van der Waals surface area (Å²) >= 11 is 3.33. The van der Waals surface area contributed by atoms with Crippen molar-refractivity contribution in [2.75, 3.05) is 11.9 Å². The van der Waals surface area contributed by atoms with Gasteiger partial charge in [-0.05, 0) is 74.8 Å². The van der Waals surface area contributed by atoms with Crippen molar-refractivity contribution in [2.45, 2.75) is 63.7 Å². The molecule has 2 saturated heterocycles. The van der Waals surface area contributed by atoms with Crippen LogP contribution in [0, 0.1) is 11.7 Å². The Morgan fingerprint density at radius 1 is 0.773 bits per heavy atom. The van der Waals surface area contributed by atoms with Gasteiger partial charge in [0.05, 0.1) is 0 Å². The first-order valence-corrected chi connectivity index (χ1v) is 16.5. The Balaban J connectivity index is 0.000000205. The number of hydrogen-bond acceptors (Lipinski definition) is 5. The van der Waals surface area contributed by atoms with Gasteiger partial charge in [0.25, 0.3) is 0 Å². The van der Waals surface area contributed by atoms with E-state index in [1.54, 1.807) is 31.9 Å². The Morgan fingerprint density at radius 2 is 1.34 bits per heavy atom. The summed E-state index contributed by atoms with van der Waals surface area (Å²) in [6.07, 6.45) is 14.2. The molecule has 2 fully saturated rings. The largest absolute Gasteiger partial charge is 0.350 e. The van der Waals surface area contributed by atoms with Crippen molar-refractivity contribution < 1.29 is 4.39 Å². The predicted molar refractivity (Wildman–Crippen MR) is 174 cm³/mol. The highest BCUT2D eigenvalue weighted by Gasteiger charge is 2.39. The topological polar surface area (TPSA) is 81.8 Å². The fourth-order valence-corrected chi connectivity index (χ4v) is 6.78. The minimum absolute atomic E-state index is 0.0643. The van der Waals surface area contributed by atoms with Crippen molar-refractivity contribution >= 4 is 33.3 Å². The van der Waals surface area contributed by atoms with Crippen molar-refractivity contribution in [3.05, 3.63) is 111 Å². The molecular formula is C33H37BrFN7O2. The highest BCUT2D eigenvalue weighted by molar-refractivity contribution is 9.09. The molecule has 0 spiro atoms. The first kappa shape index (κ1) is 30.2. The van der Waals surface area contributed by atoms with Crippen LogP contribution in [0.25, 0.3) is 17.4 Å². The Hall–Kier alpha value is -3.83. The molecule has 7 rings (SSSR count). The Morgan fingerprint density at radius 3 is 1.91 bits per heavy atom. The van der Waals surface area contributed by atoms with E-state index in [1.807, 2.05) is 54.6 Å². The van der Waals surface area contributed by atoms with Crippen LogP contribution in [0.2, 0.25) is 0 Å². The van der Waals surface area contributed by atoms with Gasteiger partial charge in [-0.15, -0.1) is 10.2 Å². The number of nitrogens with zero attached hydrogens (tertiary/aromatic N) is 7. The summed E-state index contributed by atoms with van der Waals surface area (Å²) in [7, 11) is 0. The maximum Gasteiger partial charge on any atom is 0.350 e. The van der Waals surface area contributed by atoms with Crippen LogP contribution >= 0.6 is 15.9 Å². The van der Waals surface area contributed by atoms with Gasteiger partial charge in [0.1, 0.15) is 5.82 Å². The summed E-state index contributed by atoms with van der Waals surface area (Å²) in [6.45, 7) is 2.30. The van der Waals surface area contributed by atoms with E-state index >= 15 is 0 Å². The van der Waals surface area contributed by atoms with Crippen LogP contribution in [0.5, 0.6) is 0 Å². The fourth-order valence-electron chi connectivity index (χ4n) is 6.53. The molecule has 1 aromatic carbocycles. The molecule has 0 saturated carbocycles. The molecule has 2 bridgehead atoms. The lowest BCUT2D eigenvalue weighted by molar-refractivity contribution is 0.115. The van der Waals surface area contributed by atoms with Crippen LogP contribution < -0.4 is 11.4 Å². The summed E-state index contributed by atoms with van der Waals surface area (Å²) in [4.78, 5) is 26.7. The minimum Gasteiger partial charge on any atom is -0.297 e. The third kappa shape index (κ3) is 6.63. The van der Waals surface area contributed by atoms with Gasteiger partial charge in [0.15, 0.2) is 11.3 Å². The highest BCUT2D eigenvalue weighted by atomic mass is 79.9. The summed E-state index contributed by atoms with van der Waals surface area (Å²) in [5.41, 5.74) is 1.94. The Bertz CT molecular complexity index is 1840. The Kier molecular flexibility index (Phi) is 9.51. The molecule has 0 amide bonds. The standard InChI is InChI=1S/C24H27FN4O.C9H10BrN3O/c25-22-7-2-1-6-19(22)10-9-18-16-20-11-12-21(17-18)27(20)14-5-15-29-24(30)28-13-4-3-8-23(28)26-29;10-5-3-7-13-9(14)12-6-2-1-4-8(12)11-13/h1-4,6-10,13,18,20-21H,5,11-12,14-17H2;1-2,4,6H,3,5,7H2/b10-9+;. The third-order valence-corrected chi connectivity index (χ3v) is 9.20. The summed E-state index contributed by atoms with van der Waals surface area (Å²) in [6, 6.07) is 19.3. The average Bonchev–Trinajstić information content (AvgIpc) is 3.62. The number of aromatic nitrogens is 6. The van der Waals surface area contributed by atoms with Crippen molar-refractivity contribution in [1.82, 2.24) is 33.3 Å². The molecule has 9 nitrogen and oxygen atoms in total. The summed E-state index contributed by atoms with van der Waals surface area (Å²) < 4.78 is 20.1.